The van der Waals surface area contributed by atoms with Gasteiger partial charge in [-0.1, -0.05) is 41.9 Å². The Kier molecular flexibility index (Phi) is 6.77. The molecule has 0 saturated heterocycles. The number of hydrogen-bond acceptors (Lipinski definition) is 5. The van der Waals surface area contributed by atoms with Gasteiger partial charge in [0.15, 0.2) is 5.82 Å². The number of benzene rings is 2. The summed E-state index contributed by atoms with van der Waals surface area (Å²) in [4.78, 5) is 26.0. The lowest BCUT2D eigenvalue weighted by molar-refractivity contribution is -0.137. The Morgan fingerprint density at radius 2 is 1.85 bits per heavy atom. The number of rotatable bonds is 6. The fourth-order valence-electron chi connectivity index (χ4n) is 4.59. The lowest BCUT2D eigenvalue weighted by Gasteiger charge is -2.18. The summed E-state index contributed by atoms with van der Waals surface area (Å²) in [5.41, 5.74) is -0.759. The number of nitrogens with one attached hydrogen (secondary N) is 1. The lowest BCUT2D eigenvalue weighted by atomic mass is 10.00. The zero-order chi connectivity index (χ0) is 28.9. The molecule has 1 amide bonds. The predicted octanol–water partition coefficient (Wildman–Crippen LogP) is 6.46. The van der Waals surface area contributed by atoms with E-state index in [0.717, 1.165) is 30.5 Å². The van der Waals surface area contributed by atoms with Crippen LogP contribution in [-0.2, 0) is 12.8 Å². The maximum atomic E-state index is 15.3. The molecule has 0 unspecified atom stereocenters. The first-order valence-corrected chi connectivity index (χ1v) is 13.2. The molecule has 2 aromatic heterocycles. The standard InChI is InChI=1S/C29H22ClF4N5O2/c1-15-27-37-20(28(40)36-17-7-8-17)13-39(27)21-11-9-18(29(32,33)34)24(30)23(21)26(35-15)25-19(31)10-12-22(38-25)41-14-16-5-3-2-4-6-16/h2-6,9-13,15,17H,7-8,14H2,1H3,(H,36,40)/t15-/m0/s1. The fourth-order valence-corrected chi connectivity index (χ4v) is 4.94. The molecule has 1 N–H and O–H groups in total. The Labute approximate surface area is 236 Å². The van der Waals surface area contributed by atoms with Crippen LogP contribution < -0.4 is 10.1 Å². The maximum Gasteiger partial charge on any atom is 0.417 e. The summed E-state index contributed by atoms with van der Waals surface area (Å²) in [6, 6.07) is 13.0. The molecule has 0 spiro atoms. The highest BCUT2D eigenvalue weighted by molar-refractivity contribution is 6.37. The van der Waals surface area contributed by atoms with Gasteiger partial charge in [-0.25, -0.2) is 14.4 Å². The van der Waals surface area contributed by atoms with Crippen LogP contribution in [0.3, 0.4) is 0 Å². The summed E-state index contributed by atoms with van der Waals surface area (Å²) in [6.45, 7) is 1.78. The van der Waals surface area contributed by atoms with E-state index in [9.17, 15) is 18.0 Å². The predicted molar refractivity (Wildman–Crippen MR) is 143 cm³/mol. The molecule has 4 aromatic rings. The van der Waals surface area contributed by atoms with Crippen LogP contribution in [0.5, 0.6) is 5.88 Å². The number of amides is 1. The summed E-state index contributed by atoms with van der Waals surface area (Å²) in [7, 11) is 0. The van der Waals surface area contributed by atoms with E-state index in [4.69, 9.17) is 16.3 Å². The highest BCUT2D eigenvalue weighted by atomic mass is 35.5. The Morgan fingerprint density at radius 3 is 2.56 bits per heavy atom. The summed E-state index contributed by atoms with van der Waals surface area (Å²) >= 11 is 6.43. The Balaban J connectivity index is 1.48. The first kappa shape index (κ1) is 26.9. The van der Waals surface area contributed by atoms with Gasteiger partial charge in [0.05, 0.1) is 22.0 Å². The van der Waals surface area contributed by atoms with Gasteiger partial charge < -0.3 is 14.6 Å². The molecule has 2 aliphatic rings. The van der Waals surface area contributed by atoms with E-state index >= 15 is 4.39 Å². The van der Waals surface area contributed by atoms with Crippen molar-refractivity contribution in [3.05, 3.63) is 106 Å². The third kappa shape index (κ3) is 5.29. The van der Waals surface area contributed by atoms with Gasteiger partial charge in [-0.2, -0.15) is 13.2 Å². The van der Waals surface area contributed by atoms with Crippen molar-refractivity contribution >= 4 is 23.2 Å². The van der Waals surface area contributed by atoms with Crippen LogP contribution in [0.4, 0.5) is 17.6 Å². The number of hydrogen-bond donors (Lipinski definition) is 1. The molecule has 12 heteroatoms. The van der Waals surface area contributed by atoms with E-state index in [2.05, 4.69) is 20.3 Å². The Hall–Kier alpha value is -4.25. The van der Waals surface area contributed by atoms with Gasteiger partial charge in [0.25, 0.3) is 5.91 Å². The van der Waals surface area contributed by atoms with Gasteiger partial charge >= 0.3 is 6.18 Å². The summed E-state index contributed by atoms with van der Waals surface area (Å²) in [5, 5.41) is 2.17. The number of fused-ring (bicyclic) bond motifs is 3. The second-order valence-corrected chi connectivity index (χ2v) is 10.2. The Morgan fingerprint density at radius 1 is 1.10 bits per heavy atom. The number of ether oxygens (including phenoxy) is 1. The van der Waals surface area contributed by atoms with Gasteiger partial charge in [-0.05, 0) is 43.5 Å². The van der Waals surface area contributed by atoms with Crippen molar-refractivity contribution in [3.8, 4) is 11.6 Å². The first-order valence-electron chi connectivity index (χ1n) is 12.8. The Bertz CT molecular complexity index is 1680. The molecule has 2 aromatic carbocycles. The molecule has 6 rings (SSSR count). The van der Waals surface area contributed by atoms with Gasteiger partial charge in [-0.3, -0.25) is 9.79 Å². The third-order valence-corrected chi connectivity index (χ3v) is 7.16. The molecule has 1 atom stereocenters. The molecule has 3 heterocycles. The number of halogens is 5. The van der Waals surface area contributed by atoms with Gasteiger partial charge in [0.1, 0.15) is 29.9 Å². The molecule has 1 aliphatic heterocycles. The number of carbonyl (C=O) groups excluding carboxylic acids is 1. The van der Waals surface area contributed by atoms with E-state index in [1.807, 2.05) is 30.3 Å². The third-order valence-electron chi connectivity index (χ3n) is 6.77. The van der Waals surface area contributed by atoms with Crippen LogP contribution in [0.2, 0.25) is 5.02 Å². The first-order chi connectivity index (χ1) is 19.6. The number of aliphatic imine (C=N–C) groups is 1. The number of alkyl halides is 3. The molecular weight excluding hydrogens is 562 g/mol. The smallest absolute Gasteiger partial charge is 0.417 e. The van der Waals surface area contributed by atoms with E-state index < -0.39 is 34.5 Å². The summed E-state index contributed by atoms with van der Waals surface area (Å²) < 4.78 is 64.4. The van der Waals surface area contributed by atoms with Crippen LogP contribution in [0.15, 0.2) is 65.8 Å². The molecule has 1 saturated carbocycles. The minimum absolute atomic E-state index is 0.0475. The van der Waals surface area contributed by atoms with Crippen LogP contribution >= 0.6 is 11.6 Å². The van der Waals surface area contributed by atoms with Gasteiger partial charge in [-0.15, -0.1) is 0 Å². The second kappa shape index (κ2) is 10.3. The zero-order valence-electron chi connectivity index (χ0n) is 21.5. The maximum absolute atomic E-state index is 15.3. The van der Waals surface area contributed by atoms with E-state index in [-0.39, 0.29) is 52.7 Å². The zero-order valence-corrected chi connectivity index (χ0v) is 22.3. The van der Waals surface area contributed by atoms with Crippen LogP contribution in [-0.4, -0.2) is 32.2 Å². The van der Waals surface area contributed by atoms with Crippen molar-refractivity contribution in [3.63, 3.8) is 0 Å². The van der Waals surface area contributed by atoms with Gasteiger partial charge in [0, 0.05) is 23.9 Å². The number of carbonyl (C=O) groups is 1. The minimum atomic E-state index is -4.80. The van der Waals surface area contributed by atoms with E-state index in [0.29, 0.717) is 0 Å². The largest absolute Gasteiger partial charge is 0.473 e. The fraction of sp³-hybridized carbons (Fsp3) is 0.241. The van der Waals surface area contributed by atoms with Crippen LogP contribution in [0.25, 0.3) is 5.69 Å². The highest BCUT2D eigenvalue weighted by Crippen LogP contribution is 2.42. The van der Waals surface area contributed by atoms with Crippen molar-refractivity contribution in [2.75, 3.05) is 0 Å². The summed E-state index contributed by atoms with van der Waals surface area (Å²) in [6.07, 6.45) is -1.63. The van der Waals surface area contributed by atoms with E-state index in [1.165, 1.54) is 22.9 Å². The highest BCUT2D eigenvalue weighted by Gasteiger charge is 2.38. The second-order valence-electron chi connectivity index (χ2n) is 9.83. The van der Waals surface area contributed by atoms with Crippen LogP contribution in [0, 0.1) is 5.82 Å². The van der Waals surface area contributed by atoms with Crippen molar-refractivity contribution in [1.82, 2.24) is 19.9 Å². The minimum Gasteiger partial charge on any atom is -0.473 e. The van der Waals surface area contributed by atoms with Crippen LogP contribution in [0.1, 0.15) is 64.5 Å². The van der Waals surface area contributed by atoms with Crippen molar-refractivity contribution < 1.29 is 27.1 Å². The average Bonchev–Trinajstić information content (AvgIpc) is 3.66. The molecule has 41 heavy (non-hydrogen) atoms. The molecule has 1 fully saturated rings. The van der Waals surface area contributed by atoms with Gasteiger partial charge in [0.2, 0.25) is 5.88 Å². The van der Waals surface area contributed by atoms with Crippen molar-refractivity contribution in [2.45, 2.75) is 44.6 Å². The molecule has 0 bridgehead atoms. The summed E-state index contributed by atoms with van der Waals surface area (Å²) in [5.74, 6) is -0.910. The molecule has 0 radical (unpaired) electrons. The quantitative estimate of drug-likeness (QED) is 0.264. The SMILES string of the molecule is C[C@@H]1N=C(c2nc(OCc3ccccc3)ccc2F)c2c(ccc(C(F)(F)F)c2Cl)-n2cc(C(=O)NC3CC3)nc21. The molecule has 210 valence electrons. The topological polar surface area (TPSA) is 81.4 Å². The number of pyridine rings is 1. The normalized spacial score (nSPS) is 16.3. The van der Waals surface area contributed by atoms with Crippen molar-refractivity contribution in [2.24, 2.45) is 4.99 Å². The number of aromatic nitrogens is 3. The molecule has 7 nitrogen and oxygen atoms in total. The van der Waals surface area contributed by atoms with Crippen molar-refractivity contribution in [1.29, 1.82) is 0 Å². The molecule has 1 aliphatic carbocycles. The van der Waals surface area contributed by atoms with E-state index in [1.54, 1.807) is 6.92 Å². The lowest BCUT2D eigenvalue weighted by Crippen LogP contribution is -2.25. The monoisotopic (exact) mass is 583 g/mol. The number of nitrogens with zero attached hydrogens (tertiary/aromatic N) is 4. The average molecular weight is 584 g/mol. The number of imidazole rings is 1. The molecular formula is C29H22ClF4N5O2.